The second-order valence-electron chi connectivity index (χ2n) is 8.84. The van der Waals surface area contributed by atoms with Crippen molar-refractivity contribution in [2.24, 2.45) is 5.92 Å². The molecule has 0 saturated carbocycles. The van der Waals surface area contributed by atoms with Crippen LogP contribution in [0.4, 0.5) is 5.69 Å². The average Bonchev–Trinajstić information content (AvgIpc) is 2.88. The van der Waals surface area contributed by atoms with Gasteiger partial charge in [0.2, 0.25) is 5.91 Å². The smallest absolute Gasteiger partial charge is 0.274 e. The molecule has 1 aromatic heterocycles. The molecule has 0 bridgehead atoms. The fourth-order valence-electron chi connectivity index (χ4n) is 4.02. The number of likely N-dealkylation sites (N-methyl/N-ethyl adjacent to an activating group) is 1. The lowest BCUT2D eigenvalue weighted by Gasteiger charge is -2.35. The third-order valence-corrected chi connectivity index (χ3v) is 6.05. The Bertz CT molecular complexity index is 1070. The van der Waals surface area contributed by atoms with E-state index in [1.807, 2.05) is 13.8 Å². The van der Waals surface area contributed by atoms with Crippen LogP contribution in [-0.2, 0) is 14.3 Å². The molecule has 2 aromatic rings. The molecule has 11 heteroatoms. The number of ether oxygens (including phenoxy) is 3. The van der Waals surface area contributed by atoms with Crippen LogP contribution in [0, 0.1) is 5.92 Å². The molecule has 1 N–H and O–H groups in total. The number of carbonyl (C=O) groups excluding carboxylic acids is 3. The minimum Gasteiger partial charge on any atom is -0.491 e. The molecule has 0 saturated heterocycles. The fourth-order valence-corrected chi connectivity index (χ4v) is 4.02. The van der Waals surface area contributed by atoms with Gasteiger partial charge in [-0.1, -0.05) is 6.92 Å². The van der Waals surface area contributed by atoms with E-state index in [0.717, 1.165) is 0 Å². The van der Waals surface area contributed by atoms with E-state index >= 15 is 0 Å². The highest BCUT2D eigenvalue weighted by atomic mass is 16.5. The lowest BCUT2D eigenvalue weighted by Crippen LogP contribution is -2.48. The van der Waals surface area contributed by atoms with Crippen molar-refractivity contribution in [3.8, 4) is 5.75 Å². The molecule has 3 amide bonds. The largest absolute Gasteiger partial charge is 0.491 e. The number of fused-ring (bicyclic) bond motifs is 1. The normalized spacial score (nSPS) is 21.0. The Morgan fingerprint density at radius 1 is 1.19 bits per heavy atom. The molecular formula is C25H33N5O6. The minimum atomic E-state index is -0.347. The summed E-state index contributed by atoms with van der Waals surface area (Å²) in [7, 11) is 4.69. The SMILES string of the molecule is COCC(=O)Nc1ccc2c(c1)C(=O)N(C)C[C@H](OC)[C@@H](C)CN(C(=O)c1cnccn1)[C@H](C)CO2. The van der Waals surface area contributed by atoms with Crippen molar-refractivity contribution in [3.05, 3.63) is 48.0 Å². The fraction of sp³-hybridized carbons (Fsp3) is 0.480. The molecular weight excluding hydrogens is 466 g/mol. The van der Waals surface area contributed by atoms with E-state index in [1.54, 1.807) is 42.2 Å². The Labute approximate surface area is 210 Å². The summed E-state index contributed by atoms with van der Waals surface area (Å²) in [6.45, 7) is 4.54. The van der Waals surface area contributed by atoms with Crippen molar-refractivity contribution in [2.45, 2.75) is 26.0 Å². The van der Waals surface area contributed by atoms with E-state index in [4.69, 9.17) is 14.2 Å². The zero-order chi connectivity index (χ0) is 26.2. The molecule has 1 aliphatic rings. The zero-order valence-electron chi connectivity index (χ0n) is 21.3. The summed E-state index contributed by atoms with van der Waals surface area (Å²) in [5.41, 5.74) is 0.967. The van der Waals surface area contributed by atoms with Crippen LogP contribution in [-0.4, -0.2) is 97.2 Å². The number of rotatable bonds is 5. The number of amides is 3. The van der Waals surface area contributed by atoms with Crippen LogP contribution in [0.25, 0.3) is 0 Å². The highest BCUT2D eigenvalue weighted by molar-refractivity contribution is 5.99. The van der Waals surface area contributed by atoms with E-state index < -0.39 is 0 Å². The maximum Gasteiger partial charge on any atom is 0.274 e. The van der Waals surface area contributed by atoms with Crippen molar-refractivity contribution in [2.75, 3.05) is 52.9 Å². The van der Waals surface area contributed by atoms with Gasteiger partial charge in [0.15, 0.2) is 0 Å². The van der Waals surface area contributed by atoms with Gasteiger partial charge in [-0.05, 0) is 25.1 Å². The third kappa shape index (κ3) is 6.55. The number of anilines is 1. The lowest BCUT2D eigenvalue weighted by atomic mass is 10.0. The lowest BCUT2D eigenvalue weighted by molar-refractivity contribution is -0.119. The van der Waals surface area contributed by atoms with Crippen LogP contribution in [0.5, 0.6) is 5.75 Å². The van der Waals surface area contributed by atoms with Gasteiger partial charge in [-0.2, -0.15) is 0 Å². The number of hydrogen-bond donors (Lipinski definition) is 1. The topological polar surface area (TPSA) is 123 Å². The minimum absolute atomic E-state index is 0.105. The highest BCUT2D eigenvalue weighted by Gasteiger charge is 2.31. The van der Waals surface area contributed by atoms with Crippen molar-refractivity contribution in [1.82, 2.24) is 19.8 Å². The first kappa shape index (κ1) is 27.0. The van der Waals surface area contributed by atoms with E-state index in [2.05, 4.69) is 15.3 Å². The molecule has 1 aliphatic heterocycles. The number of benzene rings is 1. The molecule has 2 heterocycles. The van der Waals surface area contributed by atoms with Gasteiger partial charge >= 0.3 is 0 Å². The van der Waals surface area contributed by atoms with E-state index in [-0.39, 0.29) is 66.8 Å². The summed E-state index contributed by atoms with van der Waals surface area (Å²) < 4.78 is 16.6. The quantitative estimate of drug-likeness (QED) is 0.660. The molecule has 3 rings (SSSR count). The highest BCUT2D eigenvalue weighted by Crippen LogP contribution is 2.26. The molecule has 11 nitrogen and oxygen atoms in total. The molecule has 36 heavy (non-hydrogen) atoms. The van der Waals surface area contributed by atoms with E-state index in [1.165, 1.54) is 25.7 Å². The first-order valence-electron chi connectivity index (χ1n) is 11.7. The molecule has 0 aliphatic carbocycles. The van der Waals surface area contributed by atoms with Gasteiger partial charge in [0.25, 0.3) is 11.8 Å². The summed E-state index contributed by atoms with van der Waals surface area (Å²) in [6.07, 6.45) is 4.09. The van der Waals surface area contributed by atoms with Gasteiger partial charge in [-0.25, -0.2) is 4.98 Å². The van der Waals surface area contributed by atoms with Crippen molar-refractivity contribution in [1.29, 1.82) is 0 Å². The Hall–Kier alpha value is -3.57. The number of nitrogens with one attached hydrogen (secondary N) is 1. The second kappa shape index (κ2) is 12.4. The Morgan fingerprint density at radius 3 is 2.64 bits per heavy atom. The van der Waals surface area contributed by atoms with Gasteiger partial charge in [0.1, 0.15) is 24.7 Å². The van der Waals surface area contributed by atoms with Crippen LogP contribution < -0.4 is 10.1 Å². The summed E-state index contributed by atoms with van der Waals surface area (Å²) in [5, 5.41) is 2.71. The monoisotopic (exact) mass is 499 g/mol. The Balaban J connectivity index is 1.96. The third-order valence-electron chi connectivity index (χ3n) is 6.05. The van der Waals surface area contributed by atoms with E-state index in [0.29, 0.717) is 18.0 Å². The second-order valence-corrected chi connectivity index (χ2v) is 8.84. The Morgan fingerprint density at radius 2 is 1.97 bits per heavy atom. The molecule has 0 spiro atoms. The summed E-state index contributed by atoms with van der Waals surface area (Å²) in [4.78, 5) is 50.2. The van der Waals surface area contributed by atoms with Crippen molar-refractivity contribution < 1.29 is 28.6 Å². The maximum absolute atomic E-state index is 13.4. The number of carbonyl (C=O) groups is 3. The predicted octanol–water partition coefficient (Wildman–Crippen LogP) is 1.71. The van der Waals surface area contributed by atoms with Crippen molar-refractivity contribution >= 4 is 23.4 Å². The molecule has 194 valence electrons. The van der Waals surface area contributed by atoms with Crippen LogP contribution >= 0.6 is 0 Å². The predicted molar refractivity (Wildman–Crippen MR) is 132 cm³/mol. The van der Waals surface area contributed by atoms with Crippen LogP contribution in [0.3, 0.4) is 0 Å². The van der Waals surface area contributed by atoms with Gasteiger partial charge in [-0.3, -0.25) is 19.4 Å². The maximum atomic E-state index is 13.4. The summed E-state index contributed by atoms with van der Waals surface area (Å²) in [6, 6.07) is 4.51. The number of nitrogens with zero attached hydrogens (tertiary/aromatic N) is 4. The zero-order valence-corrected chi connectivity index (χ0v) is 21.3. The molecule has 3 atom stereocenters. The number of aromatic nitrogens is 2. The van der Waals surface area contributed by atoms with Crippen molar-refractivity contribution in [3.63, 3.8) is 0 Å². The number of methoxy groups -OCH3 is 2. The van der Waals surface area contributed by atoms with Gasteiger partial charge < -0.3 is 29.3 Å². The summed E-state index contributed by atoms with van der Waals surface area (Å²) in [5.74, 6) is -0.640. The van der Waals surface area contributed by atoms with Crippen LogP contribution in [0.1, 0.15) is 34.7 Å². The standard InChI is InChI=1S/C25H33N5O6/c1-16-12-30(25(33)20-11-26-8-9-27-20)17(2)14-36-21-7-6-18(28-23(31)15-34-4)10-19(21)24(32)29(3)13-22(16)35-5/h6-11,16-17,22H,12-15H2,1-5H3,(H,28,31)/t16-,17+,22-/m0/s1. The van der Waals surface area contributed by atoms with Gasteiger partial charge in [0, 0.05) is 58.4 Å². The first-order chi connectivity index (χ1) is 17.2. The molecule has 0 unspecified atom stereocenters. The first-order valence-corrected chi connectivity index (χ1v) is 11.7. The molecule has 0 fully saturated rings. The average molecular weight is 500 g/mol. The van der Waals surface area contributed by atoms with Gasteiger partial charge in [-0.15, -0.1) is 0 Å². The number of hydrogen-bond acceptors (Lipinski definition) is 8. The van der Waals surface area contributed by atoms with Gasteiger partial charge in [0.05, 0.1) is 23.9 Å². The van der Waals surface area contributed by atoms with E-state index in [9.17, 15) is 14.4 Å². The summed E-state index contributed by atoms with van der Waals surface area (Å²) >= 11 is 0. The molecule has 0 radical (unpaired) electrons. The van der Waals surface area contributed by atoms with Crippen LogP contribution in [0.15, 0.2) is 36.8 Å². The van der Waals surface area contributed by atoms with Crippen LogP contribution in [0.2, 0.25) is 0 Å². The Kier molecular flexibility index (Phi) is 9.31. The molecule has 1 aromatic carbocycles.